The van der Waals surface area contributed by atoms with Crippen LogP contribution in [0.15, 0.2) is 24.3 Å². The van der Waals surface area contributed by atoms with Gasteiger partial charge in [-0.05, 0) is 30.5 Å². The zero-order valence-corrected chi connectivity index (χ0v) is 9.32. The molecule has 0 bridgehead atoms. The third-order valence-electron chi connectivity index (χ3n) is 2.26. The average molecular weight is 221 g/mol. The summed E-state index contributed by atoms with van der Waals surface area (Å²) in [5, 5.41) is 3.21. The Hall–Kier alpha value is -1.64. The van der Waals surface area contributed by atoms with Gasteiger partial charge in [-0.3, -0.25) is 0 Å². The number of aldehydes is 2. The molecule has 0 atom stereocenters. The molecule has 86 valence electrons. The smallest absolute Gasteiger partial charge is 0.130 e. The largest absolute Gasteiger partial charge is 0.385 e. The van der Waals surface area contributed by atoms with Crippen LogP contribution in [0, 0.1) is 5.92 Å². The molecule has 0 unspecified atom stereocenters. The lowest BCUT2D eigenvalue weighted by molar-refractivity contribution is -0.119. The Morgan fingerprint density at radius 2 is 1.94 bits per heavy atom. The lowest BCUT2D eigenvalue weighted by Gasteiger charge is -2.06. The normalized spacial score (nSPS) is 11.9. The summed E-state index contributed by atoms with van der Waals surface area (Å²) in [5.74, 6) is -1.17. The quantitative estimate of drug-likeness (QED) is 0.566. The van der Waals surface area contributed by atoms with Crippen molar-refractivity contribution in [1.82, 2.24) is 0 Å². The van der Waals surface area contributed by atoms with Crippen molar-refractivity contribution in [1.29, 1.82) is 0 Å². The van der Waals surface area contributed by atoms with Gasteiger partial charge in [0.2, 0.25) is 0 Å². The molecule has 0 saturated heterocycles. The standard InChI is InChI=1S/C13H17NO2/c1-2-7-14-13-5-3-11(4-6-13)8-12(9-15)10-16/h3-6,9-10,12,14H,2,7-8H2,1H3/i9D,10D. The van der Waals surface area contributed by atoms with Gasteiger partial charge in [-0.2, -0.15) is 0 Å². The summed E-state index contributed by atoms with van der Waals surface area (Å²) in [4.78, 5) is 21.8. The number of carbonyl (C=O) groups excluding carboxylic acids is 2. The third kappa shape index (κ3) is 3.85. The first-order valence-corrected chi connectivity index (χ1v) is 5.38. The minimum Gasteiger partial charge on any atom is -0.385 e. The molecule has 3 nitrogen and oxygen atoms in total. The zero-order chi connectivity index (χ0) is 13.5. The van der Waals surface area contributed by atoms with E-state index in [1.807, 2.05) is 12.1 Å². The molecule has 0 aliphatic rings. The van der Waals surface area contributed by atoms with Crippen LogP contribution in [0.4, 0.5) is 5.69 Å². The fourth-order valence-corrected chi connectivity index (χ4v) is 1.37. The summed E-state index contributed by atoms with van der Waals surface area (Å²) in [6.45, 7) is 2.96. The maximum Gasteiger partial charge on any atom is 0.130 e. The highest BCUT2D eigenvalue weighted by molar-refractivity contribution is 5.77. The topological polar surface area (TPSA) is 46.2 Å². The molecule has 0 spiro atoms. The molecule has 1 aromatic rings. The van der Waals surface area contributed by atoms with Crippen molar-refractivity contribution >= 4 is 18.2 Å². The molecule has 1 aromatic carbocycles. The van der Waals surface area contributed by atoms with E-state index in [-0.39, 0.29) is 6.42 Å². The van der Waals surface area contributed by atoms with Crippen LogP contribution in [-0.4, -0.2) is 19.1 Å². The van der Waals surface area contributed by atoms with Crippen molar-refractivity contribution < 1.29 is 12.3 Å². The molecule has 1 N–H and O–H groups in total. The molecule has 0 aliphatic carbocycles. The number of carbonyl (C=O) groups is 2. The highest BCUT2D eigenvalue weighted by Gasteiger charge is 2.06. The van der Waals surface area contributed by atoms with E-state index >= 15 is 0 Å². The summed E-state index contributed by atoms with van der Waals surface area (Å²) in [6, 6.07) is 7.34. The summed E-state index contributed by atoms with van der Waals surface area (Å²) in [6.07, 6.45) is -0.838. The minimum atomic E-state index is -1.17. The van der Waals surface area contributed by atoms with Gasteiger partial charge in [0.1, 0.15) is 15.3 Å². The molecule has 0 saturated carbocycles. The van der Waals surface area contributed by atoms with E-state index in [0.717, 1.165) is 24.2 Å². The maximum atomic E-state index is 10.9. The predicted octanol–water partition coefficient (Wildman–Crippen LogP) is 2.06. The fraction of sp³-hybridized carbons (Fsp3) is 0.385. The Balaban J connectivity index is 2.67. The second-order valence-corrected chi connectivity index (χ2v) is 3.62. The van der Waals surface area contributed by atoms with Crippen LogP contribution in [0.1, 0.15) is 21.6 Å². The Kier molecular flexibility index (Phi) is 4.05. The lowest BCUT2D eigenvalue weighted by Crippen LogP contribution is -2.07. The van der Waals surface area contributed by atoms with Crippen molar-refractivity contribution in [3.05, 3.63) is 29.8 Å². The van der Waals surface area contributed by atoms with Gasteiger partial charge in [-0.25, -0.2) is 0 Å². The molecular formula is C13H17NO2. The summed E-state index contributed by atoms with van der Waals surface area (Å²) < 4.78 is 13.9. The molecule has 0 heterocycles. The van der Waals surface area contributed by atoms with Gasteiger partial charge in [0, 0.05) is 12.2 Å². The number of rotatable bonds is 7. The Labute approximate surface area is 98.7 Å². The molecule has 0 aliphatic heterocycles. The van der Waals surface area contributed by atoms with Crippen LogP contribution in [0.25, 0.3) is 0 Å². The summed E-state index contributed by atoms with van der Waals surface area (Å²) in [5.41, 5.74) is 1.76. The van der Waals surface area contributed by atoms with Gasteiger partial charge >= 0.3 is 0 Å². The number of benzene rings is 1. The van der Waals surface area contributed by atoms with Crippen molar-refractivity contribution in [3.8, 4) is 0 Å². The van der Waals surface area contributed by atoms with Gasteiger partial charge in [0.25, 0.3) is 0 Å². The van der Waals surface area contributed by atoms with Gasteiger partial charge in [0.05, 0.1) is 5.92 Å². The number of hydrogen-bond acceptors (Lipinski definition) is 3. The van der Waals surface area contributed by atoms with Crippen LogP contribution < -0.4 is 5.32 Å². The SMILES string of the molecule is [2H]C(=O)C(Cc1ccc(NCCC)cc1)C([2H])=O. The van der Waals surface area contributed by atoms with Gasteiger partial charge in [-0.15, -0.1) is 0 Å². The maximum absolute atomic E-state index is 10.9. The Morgan fingerprint density at radius 3 is 2.44 bits per heavy atom. The number of nitrogens with one attached hydrogen (secondary N) is 1. The summed E-state index contributed by atoms with van der Waals surface area (Å²) >= 11 is 0. The van der Waals surface area contributed by atoms with Crippen molar-refractivity contribution in [2.24, 2.45) is 5.92 Å². The van der Waals surface area contributed by atoms with Crippen molar-refractivity contribution in [3.63, 3.8) is 0 Å². The number of anilines is 1. The second-order valence-electron chi connectivity index (χ2n) is 3.62. The second kappa shape index (κ2) is 6.77. The van der Waals surface area contributed by atoms with E-state index < -0.39 is 18.4 Å². The van der Waals surface area contributed by atoms with Crippen LogP contribution in [0.3, 0.4) is 0 Å². The first-order chi connectivity index (χ1) is 8.54. The van der Waals surface area contributed by atoms with E-state index in [2.05, 4.69) is 12.2 Å². The molecule has 0 fully saturated rings. The molecule has 0 amide bonds. The lowest BCUT2D eigenvalue weighted by atomic mass is 10.0. The number of hydrogen-bond donors (Lipinski definition) is 1. The van der Waals surface area contributed by atoms with E-state index in [0.29, 0.717) is 0 Å². The zero-order valence-electron chi connectivity index (χ0n) is 11.3. The molecule has 16 heavy (non-hydrogen) atoms. The third-order valence-corrected chi connectivity index (χ3v) is 2.26. The molecule has 0 aromatic heterocycles. The van der Waals surface area contributed by atoms with Gasteiger partial charge < -0.3 is 14.9 Å². The Bertz CT molecular complexity index is 404. The predicted molar refractivity (Wildman–Crippen MR) is 64.5 cm³/mol. The van der Waals surface area contributed by atoms with E-state index in [9.17, 15) is 9.59 Å². The van der Waals surface area contributed by atoms with Crippen LogP contribution in [0.2, 0.25) is 0 Å². The van der Waals surface area contributed by atoms with E-state index in [1.165, 1.54) is 0 Å². The first kappa shape index (κ1) is 9.58. The highest BCUT2D eigenvalue weighted by Crippen LogP contribution is 2.12. The first-order valence-electron chi connectivity index (χ1n) is 6.38. The van der Waals surface area contributed by atoms with Crippen LogP contribution in [-0.2, 0) is 16.0 Å². The summed E-state index contributed by atoms with van der Waals surface area (Å²) in [7, 11) is 0. The molecule has 1 rings (SSSR count). The van der Waals surface area contributed by atoms with Gasteiger partial charge in [-0.1, -0.05) is 19.1 Å². The fourth-order valence-electron chi connectivity index (χ4n) is 1.37. The van der Waals surface area contributed by atoms with Crippen molar-refractivity contribution in [2.45, 2.75) is 19.8 Å². The highest BCUT2D eigenvalue weighted by atomic mass is 16.1. The molecule has 0 radical (unpaired) electrons. The van der Waals surface area contributed by atoms with E-state index in [1.54, 1.807) is 12.1 Å². The average Bonchev–Trinajstić information content (AvgIpc) is 2.34. The van der Waals surface area contributed by atoms with Gasteiger partial charge in [0.15, 0.2) is 0 Å². The van der Waals surface area contributed by atoms with Crippen LogP contribution in [0.5, 0.6) is 0 Å². The molecule has 3 heteroatoms. The van der Waals surface area contributed by atoms with Crippen molar-refractivity contribution in [2.75, 3.05) is 11.9 Å². The minimum absolute atomic E-state index is 0.124. The monoisotopic (exact) mass is 221 g/mol. The van der Waals surface area contributed by atoms with Crippen LogP contribution >= 0.6 is 0 Å². The van der Waals surface area contributed by atoms with E-state index in [4.69, 9.17) is 2.74 Å². The Morgan fingerprint density at radius 1 is 1.31 bits per heavy atom. The molecular weight excluding hydrogens is 202 g/mol.